The number of amides is 2. The number of ketones is 3. The van der Waals surface area contributed by atoms with Crippen LogP contribution < -0.4 is 5.73 Å². The van der Waals surface area contributed by atoms with Crippen LogP contribution in [0.3, 0.4) is 0 Å². The summed E-state index contributed by atoms with van der Waals surface area (Å²) in [4.78, 5) is 118. The van der Waals surface area contributed by atoms with E-state index in [9.17, 15) is 43.8 Å². The number of H-pyrrole nitrogens is 1. The van der Waals surface area contributed by atoms with Crippen LogP contribution in [-0.4, -0.2) is 338 Å². The number of carbonyl (C=O) groups excluding carboxylic acids is 7. The van der Waals surface area contributed by atoms with Gasteiger partial charge in [-0.15, -0.1) is 0 Å². The minimum atomic E-state index is -2.48. The molecule has 4 aliphatic heterocycles. The lowest BCUT2D eigenvalue weighted by molar-refractivity contribution is -0.265. The number of nitrogen functional groups attached to an aromatic ring is 1. The molecule has 10 rings (SSSR count). The third-order valence-corrected chi connectivity index (χ3v) is 26.2. The Labute approximate surface area is 811 Å². The van der Waals surface area contributed by atoms with Crippen LogP contribution in [0.25, 0.3) is 33.3 Å². The van der Waals surface area contributed by atoms with Crippen molar-refractivity contribution in [3.63, 3.8) is 0 Å². The van der Waals surface area contributed by atoms with Gasteiger partial charge in [0.25, 0.3) is 11.7 Å². The number of rotatable bonds is 50. The van der Waals surface area contributed by atoms with Crippen molar-refractivity contribution >= 4 is 69.0 Å². The van der Waals surface area contributed by atoms with E-state index in [-0.39, 0.29) is 67.5 Å². The molecule has 0 spiro atoms. The SMILES string of the molecule is CO[C@H]1C[C@@H]2CC[C@@H](C)[C@@](O)(O2)C(=O)C(=O)N2CCCC[C@H]2C(=O)O[C@H]([C@H](C)C[C@@H]2CC[C@@H](OC(=O)CCCOCCOCCOCCOCCOCCOCCOCCOCCOCCOCCOCCOCCC(=O)N3CCc4cc(Cn5nc(-c6cnc7[nH]ccc7c6)c6c(N)ncnc65)ccc4C3)[C@H](OC)C2)CC(=O)[C@H](C)/C=C(\C)[C@@H](O)[C@@H](OC)C(=O)[C@H](C)C[C@H](C)/C=C/C=C/C=C/1C. The fraction of sp³-hybridized carbons (Fsp3) is 0.676. The van der Waals surface area contributed by atoms with E-state index in [1.54, 1.807) is 54.2 Å². The zero-order chi connectivity index (χ0) is 98.6. The van der Waals surface area contributed by atoms with Gasteiger partial charge in [-0.25, -0.2) is 24.4 Å². The average Bonchev–Trinajstić information content (AvgIpc) is 1.57. The summed E-state index contributed by atoms with van der Waals surface area (Å²) in [5, 5.41) is 30.4. The third-order valence-electron chi connectivity index (χ3n) is 26.2. The van der Waals surface area contributed by atoms with E-state index in [1.165, 1.54) is 23.9 Å². The Morgan fingerprint density at radius 3 is 1.88 bits per heavy atom. The Hall–Kier alpha value is -8.61. The van der Waals surface area contributed by atoms with E-state index in [0.29, 0.717) is 277 Å². The number of nitrogens with two attached hydrogens (primary N) is 1. The quantitative estimate of drug-likeness (QED) is 0.0122. The molecular weight excluding hydrogens is 1780 g/mol. The first-order valence-corrected chi connectivity index (χ1v) is 49.3. The fourth-order valence-corrected chi connectivity index (χ4v) is 18.1. The van der Waals surface area contributed by atoms with E-state index in [1.807, 2.05) is 79.1 Å². The lowest BCUT2D eigenvalue weighted by Crippen LogP contribution is -2.61. The highest BCUT2D eigenvalue weighted by atomic mass is 16.6. The van der Waals surface area contributed by atoms with Crippen molar-refractivity contribution in [2.45, 2.75) is 219 Å². The number of piperidine rings is 1. The molecule has 766 valence electrons. The number of cyclic esters (lactones) is 1. The summed E-state index contributed by atoms with van der Waals surface area (Å²) in [7, 11) is 4.51. The van der Waals surface area contributed by atoms with Gasteiger partial charge in [-0.1, -0.05) is 89.3 Å². The molecule has 5 aliphatic rings. The van der Waals surface area contributed by atoms with Crippen LogP contribution in [-0.2, 0) is 138 Å². The standard InChI is InChI=1S/C102H151N9O27/c1-69-17-12-11-13-18-70(2)86(121-8)63-82-25-21-75(7)102(120,138-82)96(117)100(118)110-31-15-14-19-83(110)101(119)137-87(64-84(112)71(3)58-74(6)94(116)95(123-10)93(115)73(5)57-69)72(4)59-76-23-26-85(88(61-76)122-9)136-90(114)20-16-33-124-35-37-126-39-41-128-43-45-130-47-49-132-51-53-134-55-56-135-54-52-133-50-48-131-46-44-129-42-40-127-38-36-125-34-29-89(113)109-32-28-78-60-77(22-24-80(78)67-109)66-111-99-91(97(103)106-68-107-99)92(108-111)81-62-79-27-30-104-98(79)105-65-81/h11-13,17-18,22,24,27,30,58,60,62,65,68-69,71-73,75-76,82-83,85-88,94-95,116,120H,14-16,19-21,23,25-26,28-29,31-57,59,61,63-64,66-67H2,1-10H3,(H,104,105)(H2,103,106,107)/b13-11+,17-12+,70-18+,74-58+/t69-,71-,72-,73-,75-,76+,82+,83+,85-,86+,87+,88-,94-,95+,102-/m1/s1. The number of benzene rings is 1. The first-order chi connectivity index (χ1) is 66.9. The minimum absolute atomic E-state index is 0.00353. The molecule has 2 bridgehead atoms. The number of aromatic amines is 1. The predicted octanol–water partition coefficient (Wildman–Crippen LogP) is 10.00. The summed E-state index contributed by atoms with van der Waals surface area (Å²) in [6, 6.07) is 9.15. The van der Waals surface area contributed by atoms with Crippen LogP contribution in [0.4, 0.5) is 5.82 Å². The number of aliphatic hydroxyl groups excluding tert-OH is 1. The topological polar surface area (TPSA) is 431 Å². The van der Waals surface area contributed by atoms with Crippen molar-refractivity contribution in [2.24, 2.45) is 35.5 Å². The molecule has 8 heterocycles. The van der Waals surface area contributed by atoms with E-state index in [4.69, 9.17) is 96.1 Å². The van der Waals surface area contributed by atoms with Crippen molar-refractivity contribution in [3.8, 4) is 11.3 Å². The monoisotopic (exact) mass is 1930 g/mol. The zero-order valence-corrected chi connectivity index (χ0v) is 82.6. The van der Waals surface area contributed by atoms with Crippen LogP contribution in [0, 0.1) is 35.5 Å². The molecule has 5 N–H and O–H groups in total. The number of nitrogens with one attached hydrogen (secondary N) is 1. The number of anilines is 1. The number of esters is 2. The molecule has 0 radical (unpaired) electrons. The summed E-state index contributed by atoms with van der Waals surface area (Å²) in [5.41, 5.74) is 13.9. The van der Waals surface area contributed by atoms with E-state index in [0.717, 1.165) is 39.7 Å². The van der Waals surface area contributed by atoms with E-state index >= 15 is 0 Å². The normalized spacial score (nSPS) is 25.8. The number of hydrogen-bond acceptors (Lipinski definition) is 32. The molecule has 3 fully saturated rings. The van der Waals surface area contributed by atoms with Crippen molar-refractivity contribution in [3.05, 3.63) is 113 Å². The summed E-state index contributed by atoms with van der Waals surface area (Å²) in [5.74, 6) is -8.54. The molecule has 1 aromatic carbocycles. The number of methoxy groups -OCH3 is 3. The molecule has 1 aliphatic carbocycles. The lowest BCUT2D eigenvalue weighted by atomic mass is 9.78. The molecule has 2 saturated heterocycles. The molecule has 36 nitrogen and oxygen atoms in total. The zero-order valence-electron chi connectivity index (χ0n) is 82.6. The van der Waals surface area contributed by atoms with Crippen LogP contribution in [0.2, 0.25) is 0 Å². The second-order valence-electron chi connectivity index (χ2n) is 36.5. The van der Waals surface area contributed by atoms with Gasteiger partial charge >= 0.3 is 11.9 Å². The first-order valence-electron chi connectivity index (χ1n) is 49.3. The van der Waals surface area contributed by atoms with Gasteiger partial charge in [0.15, 0.2) is 11.4 Å². The minimum Gasteiger partial charge on any atom is -0.460 e. The van der Waals surface area contributed by atoms with Crippen molar-refractivity contribution < 1.29 is 129 Å². The molecule has 15 atom stereocenters. The molecule has 36 heteroatoms. The summed E-state index contributed by atoms with van der Waals surface area (Å²) < 4.78 is 105. The third kappa shape index (κ3) is 35.2. The largest absolute Gasteiger partial charge is 0.460 e. The molecule has 2 amide bonds. The van der Waals surface area contributed by atoms with Gasteiger partial charge in [0.2, 0.25) is 11.7 Å². The van der Waals surface area contributed by atoms with Gasteiger partial charge in [0.1, 0.15) is 59.7 Å². The molecule has 0 unspecified atom stereocenters. The van der Waals surface area contributed by atoms with Gasteiger partial charge in [-0.2, -0.15) is 5.10 Å². The van der Waals surface area contributed by atoms with Crippen LogP contribution in [0.15, 0.2) is 96.7 Å². The van der Waals surface area contributed by atoms with Crippen molar-refractivity contribution in [1.82, 2.24) is 39.5 Å². The number of nitrogens with zero attached hydrogens (tertiary/aromatic N) is 7. The average molecular weight is 1940 g/mol. The van der Waals surface area contributed by atoms with Crippen molar-refractivity contribution in [1.29, 1.82) is 0 Å². The number of allylic oxidation sites excluding steroid dienone is 6. The Morgan fingerprint density at radius 2 is 1.27 bits per heavy atom. The maximum atomic E-state index is 14.8. The Morgan fingerprint density at radius 1 is 0.645 bits per heavy atom. The van der Waals surface area contributed by atoms with Gasteiger partial charge in [0, 0.05) is 108 Å². The Bertz CT molecular complexity index is 4690. The fourth-order valence-electron chi connectivity index (χ4n) is 18.1. The number of aromatic nitrogens is 6. The summed E-state index contributed by atoms with van der Waals surface area (Å²) >= 11 is 0. The first kappa shape index (κ1) is 111. The number of fused-ring (bicyclic) bond motifs is 6. The van der Waals surface area contributed by atoms with Gasteiger partial charge in [-0.3, -0.25) is 28.8 Å². The van der Waals surface area contributed by atoms with Crippen LogP contribution in [0.1, 0.15) is 161 Å². The smallest absolute Gasteiger partial charge is 0.329 e. The van der Waals surface area contributed by atoms with Gasteiger partial charge in [-0.05, 0) is 149 Å². The second-order valence-corrected chi connectivity index (χ2v) is 36.5. The number of ether oxygens (including phenoxy) is 18. The highest BCUT2D eigenvalue weighted by Crippen LogP contribution is 2.40. The highest BCUT2D eigenvalue weighted by Gasteiger charge is 2.53. The number of carbonyl (C=O) groups is 7. The van der Waals surface area contributed by atoms with Gasteiger partial charge < -0.3 is 116 Å². The molecule has 138 heavy (non-hydrogen) atoms. The summed E-state index contributed by atoms with van der Waals surface area (Å²) in [6.45, 7) is 24.0. The maximum absolute atomic E-state index is 14.8. The highest BCUT2D eigenvalue weighted by molar-refractivity contribution is 6.39. The van der Waals surface area contributed by atoms with Crippen LogP contribution in [0.5, 0.6) is 0 Å². The van der Waals surface area contributed by atoms with Crippen molar-refractivity contribution in [2.75, 3.05) is 199 Å². The molecular formula is C102H151N9O27. The lowest BCUT2D eigenvalue weighted by Gasteiger charge is -2.42. The number of pyridine rings is 1. The molecule has 4 aromatic heterocycles. The number of aliphatic hydroxyl groups is 2. The van der Waals surface area contributed by atoms with Gasteiger partial charge in [0.05, 0.1) is 189 Å². The predicted molar refractivity (Wildman–Crippen MR) is 512 cm³/mol. The van der Waals surface area contributed by atoms with E-state index in [2.05, 4.69) is 38.1 Å². The summed E-state index contributed by atoms with van der Waals surface area (Å²) in [6.07, 6.45) is 17.0. The number of hydrogen-bond donors (Lipinski definition) is 4. The van der Waals surface area contributed by atoms with E-state index < -0.39 is 95.9 Å². The Kier molecular flexibility index (Phi) is 48.4. The van der Waals surface area contributed by atoms with Crippen LogP contribution >= 0.6 is 0 Å². The number of Topliss-reactive ketones (excluding diaryl/α,β-unsaturated/α-hetero) is 3. The maximum Gasteiger partial charge on any atom is 0.329 e. The molecule has 5 aromatic rings. The molecule has 1 saturated carbocycles. The Balaban J connectivity index is 0.498. The second kappa shape index (κ2) is 60.0.